The molecule has 19 heavy (non-hydrogen) atoms. The van der Waals surface area contributed by atoms with Crippen LogP contribution in [0.15, 0.2) is 0 Å². The number of nitrogens with zero attached hydrogens (tertiary/aromatic N) is 2. The monoisotopic (exact) mass is 271 g/mol. The van der Waals surface area contributed by atoms with Gasteiger partial charge in [-0.15, -0.1) is 0 Å². The van der Waals surface area contributed by atoms with Gasteiger partial charge >= 0.3 is 12.0 Å². The van der Waals surface area contributed by atoms with Crippen molar-refractivity contribution in [2.75, 3.05) is 34.2 Å². The van der Waals surface area contributed by atoms with Crippen molar-refractivity contribution in [2.24, 2.45) is 5.92 Å². The Kier molecular flexibility index (Phi) is 6.08. The minimum Gasteiger partial charge on any atom is -0.481 e. The van der Waals surface area contributed by atoms with Gasteiger partial charge < -0.3 is 20.2 Å². The summed E-state index contributed by atoms with van der Waals surface area (Å²) in [6.45, 7) is 1.60. The number of amides is 2. The van der Waals surface area contributed by atoms with E-state index in [-0.39, 0.29) is 18.5 Å². The first-order valence-electron chi connectivity index (χ1n) is 6.78. The van der Waals surface area contributed by atoms with Crippen LogP contribution in [-0.2, 0) is 4.79 Å². The Morgan fingerprint density at radius 1 is 1.26 bits per heavy atom. The molecule has 0 spiro atoms. The highest BCUT2D eigenvalue weighted by molar-refractivity contribution is 5.75. The van der Waals surface area contributed by atoms with E-state index in [1.807, 2.05) is 14.1 Å². The fraction of sp³-hybridized carbons (Fsp3) is 0.846. The SMILES string of the molecule is CN(C)CCCN(C)C(=O)NC(CC(=O)O)C1CC1. The molecule has 6 nitrogen and oxygen atoms in total. The van der Waals surface area contributed by atoms with Crippen molar-refractivity contribution in [3.63, 3.8) is 0 Å². The average Bonchev–Trinajstić information content (AvgIpc) is 3.10. The van der Waals surface area contributed by atoms with E-state index in [0.29, 0.717) is 12.5 Å². The van der Waals surface area contributed by atoms with Crippen LogP contribution in [0.2, 0.25) is 0 Å². The van der Waals surface area contributed by atoms with Gasteiger partial charge in [0.15, 0.2) is 0 Å². The third kappa shape index (κ3) is 6.42. The van der Waals surface area contributed by atoms with E-state index in [1.54, 1.807) is 11.9 Å². The van der Waals surface area contributed by atoms with E-state index in [1.165, 1.54) is 0 Å². The number of nitrogens with one attached hydrogen (secondary N) is 1. The van der Waals surface area contributed by atoms with Crippen LogP contribution < -0.4 is 5.32 Å². The number of rotatable bonds is 8. The Balaban J connectivity index is 2.32. The predicted molar refractivity (Wildman–Crippen MR) is 73.1 cm³/mol. The van der Waals surface area contributed by atoms with Gasteiger partial charge in [0.2, 0.25) is 0 Å². The minimum absolute atomic E-state index is 0.0158. The van der Waals surface area contributed by atoms with E-state index in [4.69, 9.17) is 5.11 Å². The lowest BCUT2D eigenvalue weighted by Gasteiger charge is -2.23. The number of carbonyl (C=O) groups is 2. The summed E-state index contributed by atoms with van der Waals surface area (Å²) >= 11 is 0. The molecule has 2 amide bonds. The van der Waals surface area contributed by atoms with Gasteiger partial charge in [-0.25, -0.2) is 4.79 Å². The van der Waals surface area contributed by atoms with Crippen LogP contribution >= 0.6 is 0 Å². The van der Waals surface area contributed by atoms with E-state index >= 15 is 0 Å². The van der Waals surface area contributed by atoms with Crippen LogP contribution in [0.3, 0.4) is 0 Å². The number of carboxylic acids is 1. The number of carbonyl (C=O) groups excluding carboxylic acids is 1. The van der Waals surface area contributed by atoms with Crippen LogP contribution in [0.1, 0.15) is 25.7 Å². The lowest BCUT2D eigenvalue weighted by molar-refractivity contribution is -0.137. The second kappa shape index (κ2) is 7.33. The largest absolute Gasteiger partial charge is 0.481 e. The maximum atomic E-state index is 12.0. The molecule has 1 unspecified atom stereocenters. The first-order valence-corrected chi connectivity index (χ1v) is 6.78. The second-order valence-corrected chi connectivity index (χ2v) is 5.57. The van der Waals surface area contributed by atoms with E-state index in [0.717, 1.165) is 25.8 Å². The van der Waals surface area contributed by atoms with Gasteiger partial charge in [-0.3, -0.25) is 4.79 Å². The fourth-order valence-corrected chi connectivity index (χ4v) is 2.02. The molecule has 0 aromatic heterocycles. The molecule has 0 heterocycles. The molecule has 0 saturated heterocycles. The molecule has 0 radical (unpaired) electrons. The van der Waals surface area contributed by atoms with Crippen LogP contribution in [0.25, 0.3) is 0 Å². The molecule has 2 N–H and O–H groups in total. The van der Waals surface area contributed by atoms with E-state index in [2.05, 4.69) is 10.2 Å². The second-order valence-electron chi connectivity index (χ2n) is 5.57. The summed E-state index contributed by atoms with van der Waals surface area (Å²) in [4.78, 5) is 26.4. The maximum Gasteiger partial charge on any atom is 0.317 e. The third-order valence-electron chi connectivity index (χ3n) is 3.34. The van der Waals surface area contributed by atoms with Gasteiger partial charge in [-0.1, -0.05) is 0 Å². The van der Waals surface area contributed by atoms with Crippen LogP contribution in [-0.4, -0.2) is 67.2 Å². The number of aliphatic carboxylic acids is 1. The Labute approximate surface area is 114 Å². The molecule has 6 heteroatoms. The molecule has 1 rings (SSSR count). The van der Waals surface area contributed by atoms with Gasteiger partial charge in [-0.05, 0) is 45.8 Å². The molecular weight excluding hydrogens is 246 g/mol. The van der Waals surface area contributed by atoms with Crippen molar-refractivity contribution in [2.45, 2.75) is 31.7 Å². The van der Waals surface area contributed by atoms with Crippen LogP contribution in [0.5, 0.6) is 0 Å². The predicted octanol–water partition coefficient (Wildman–Crippen LogP) is 0.833. The van der Waals surface area contributed by atoms with Crippen molar-refractivity contribution in [1.29, 1.82) is 0 Å². The van der Waals surface area contributed by atoms with Crippen molar-refractivity contribution in [3.8, 4) is 0 Å². The van der Waals surface area contributed by atoms with Gasteiger partial charge in [0, 0.05) is 19.6 Å². The molecule has 1 saturated carbocycles. The lowest BCUT2D eigenvalue weighted by atomic mass is 10.1. The molecule has 1 aliphatic carbocycles. The maximum absolute atomic E-state index is 12.0. The summed E-state index contributed by atoms with van der Waals surface area (Å²) < 4.78 is 0. The molecule has 1 atom stereocenters. The van der Waals surface area contributed by atoms with Gasteiger partial charge in [0.05, 0.1) is 6.42 Å². The van der Waals surface area contributed by atoms with Crippen molar-refractivity contribution >= 4 is 12.0 Å². The third-order valence-corrected chi connectivity index (χ3v) is 3.34. The Hall–Kier alpha value is -1.30. The molecule has 0 aliphatic heterocycles. The number of urea groups is 1. The minimum atomic E-state index is -0.854. The van der Waals surface area contributed by atoms with Crippen LogP contribution in [0.4, 0.5) is 4.79 Å². The summed E-state index contributed by atoms with van der Waals surface area (Å²) in [6, 6.07) is -0.391. The quantitative estimate of drug-likeness (QED) is 0.686. The highest BCUT2D eigenvalue weighted by atomic mass is 16.4. The normalized spacial score (nSPS) is 16.2. The smallest absolute Gasteiger partial charge is 0.317 e. The molecule has 0 aromatic rings. The zero-order valence-corrected chi connectivity index (χ0v) is 12.1. The van der Waals surface area contributed by atoms with Crippen LogP contribution in [0, 0.1) is 5.92 Å². The molecule has 1 aliphatic rings. The summed E-state index contributed by atoms with van der Waals surface area (Å²) in [5.74, 6) is -0.511. The first-order chi connectivity index (χ1) is 8.90. The van der Waals surface area contributed by atoms with Crippen molar-refractivity contribution < 1.29 is 14.7 Å². The molecular formula is C13H25N3O3. The Bertz CT molecular complexity index is 316. The number of hydrogen-bond acceptors (Lipinski definition) is 3. The zero-order chi connectivity index (χ0) is 14.4. The van der Waals surface area contributed by atoms with E-state index in [9.17, 15) is 9.59 Å². The number of hydrogen-bond donors (Lipinski definition) is 2. The lowest BCUT2D eigenvalue weighted by Crippen LogP contribution is -2.45. The average molecular weight is 271 g/mol. The summed E-state index contributed by atoms with van der Waals surface area (Å²) in [5, 5.41) is 11.7. The highest BCUT2D eigenvalue weighted by Gasteiger charge is 2.34. The topological polar surface area (TPSA) is 72.9 Å². The van der Waals surface area contributed by atoms with Crippen molar-refractivity contribution in [3.05, 3.63) is 0 Å². The molecule has 0 aromatic carbocycles. The molecule has 110 valence electrons. The van der Waals surface area contributed by atoms with Gasteiger partial charge in [0.1, 0.15) is 0 Å². The summed E-state index contributed by atoms with van der Waals surface area (Å²) in [7, 11) is 5.74. The zero-order valence-electron chi connectivity index (χ0n) is 12.1. The molecule has 0 bridgehead atoms. The Morgan fingerprint density at radius 3 is 2.37 bits per heavy atom. The summed E-state index contributed by atoms with van der Waals surface area (Å²) in [6.07, 6.45) is 2.96. The Morgan fingerprint density at radius 2 is 1.89 bits per heavy atom. The fourth-order valence-electron chi connectivity index (χ4n) is 2.02. The standard InChI is InChI=1S/C13H25N3O3/c1-15(2)7-4-8-16(3)13(19)14-11(9-12(17)18)10-5-6-10/h10-11H,4-9H2,1-3H3,(H,14,19)(H,17,18). The molecule has 1 fully saturated rings. The number of carboxylic acid groups (broad SMARTS) is 1. The van der Waals surface area contributed by atoms with Crippen molar-refractivity contribution in [1.82, 2.24) is 15.1 Å². The first kappa shape index (κ1) is 15.8. The van der Waals surface area contributed by atoms with E-state index < -0.39 is 5.97 Å². The highest BCUT2D eigenvalue weighted by Crippen LogP contribution is 2.34. The van der Waals surface area contributed by atoms with Gasteiger partial charge in [-0.2, -0.15) is 0 Å². The van der Waals surface area contributed by atoms with Gasteiger partial charge in [0.25, 0.3) is 0 Å². The summed E-state index contributed by atoms with van der Waals surface area (Å²) in [5.41, 5.74) is 0.